The van der Waals surface area contributed by atoms with E-state index in [-0.39, 0.29) is 0 Å². The summed E-state index contributed by atoms with van der Waals surface area (Å²) in [6.45, 7) is 7.63. The largest absolute Gasteiger partial charge is 0.389 e. The van der Waals surface area contributed by atoms with Crippen molar-refractivity contribution in [1.29, 1.82) is 0 Å². The second kappa shape index (κ2) is 6.39. The standard InChI is InChI=1S/C14H22ClNO/c1-11(2)9-16-10-14(3,17)8-12-6-4-5-7-13(12)15/h4-7,11,16-17H,8-10H2,1-3H3. The first-order valence-electron chi connectivity index (χ1n) is 6.07. The van der Waals surface area contributed by atoms with Crippen molar-refractivity contribution in [2.24, 2.45) is 5.92 Å². The van der Waals surface area contributed by atoms with Crippen molar-refractivity contribution in [2.75, 3.05) is 13.1 Å². The van der Waals surface area contributed by atoms with Crippen molar-refractivity contribution in [3.63, 3.8) is 0 Å². The summed E-state index contributed by atoms with van der Waals surface area (Å²) in [5, 5.41) is 14.3. The van der Waals surface area contributed by atoms with Gasteiger partial charge in [0.05, 0.1) is 5.60 Å². The molecule has 1 unspecified atom stereocenters. The van der Waals surface area contributed by atoms with Gasteiger partial charge in [-0.25, -0.2) is 0 Å². The van der Waals surface area contributed by atoms with E-state index < -0.39 is 5.60 Å². The van der Waals surface area contributed by atoms with Crippen molar-refractivity contribution in [3.05, 3.63) is 34.9 Å². The molecule has 0 saturated heterocycles. The summed E-state index contributed by atoms with van der Waals surface area (Å²) >= 11 is 6.08. The molecule has 0 amide bonds. The summed E-state index contributed by atoms with van der Waals surface area (Å²) in [4.78, 5) is 0. The highest BCUT2D eigenvalue weighted by molar-refractivity contribution is 6.31. The predicted molar refractivity (Wildman–Crippen MR) is 73.5 cm³/mol. The van der Waals surface area contributed by atoms with E-state index in [1.165, 1.54) is 0 Å². The average Bonchev–Trinajstić information content (AvgIpc) is 2.20. The summed E-state index contributed by atoms with van der Waals surface area (Å²) in [5.74, 6) is 0.589. The van der Waals surface area contributed by atoms with E-state index in [1.54, 1.807) is 0 Å². The number of rotatable bonds is 6. The molecule has 1 aromatic carbocycles. The lowest BCUT2D eigenvalue weighted by Gasteiger charge is -2.25. The van der Waals surface area contributed by atoms with Gasteiger partial charge in [0, 0.05) is 18.0 Å². The molecule has 0 radical (unpaired) electrons. The molecule has 0 bridgehead atoms. The molecule has 3 heteroatoms. The SMILES string of the molecule is CC(C)CNCC(C)(O)Cc1ccccc1Cl. The molecule has 96 valence electrons. The number of hydrogen-bond acceptors (Lipinski definition) is 2. The van der Waals surface area contributed by atoms with Crippen LogP contribution in [0.1, 0.15) is 26.3 Å². The number of benzene rings is 1. The molecule has 0 aromatic heterocycles. The molecule has 0 aliphatic heterocycles. The zero-order valence-electron chi connectivity index (χ0n) is 10.8. The van der Waals surface area contributed by atoms with Crippen LogP contribution in [-0.2, 0) is 6.42 Å². The second-order valence-electron chi connectivity index (χ2n) is 5.29. The third-order valence-electron chi connectivity index (χ3n) is 2.59. The smallest absolute Gasteiger partial charge is 0.0784 e. The Morgan fingerprint density at radius 3 is 2.59 bits per heavy atom. The maximum atomic E-state index is 10.3. The van der Waals surface area contributed by atoms with E-state index in [0.29, 0.717) is 18.9 Å². The lowest BCUT2D eigenvalue weighted by Crippen LogP contribution is -2.40. The number of nitrogens with one attached hydrogen (secondary N) is 1. The third-order valence-corrected chi connectivity index (χ3v) is 2.96. The Kier molecular flexibility index (Phi) is 5.44. The Bertz CT molecular complexity index is 350. The van der Waals surface area contributed by atoms with E-state index in [0.717, 1.165) is 17.1 Å². The fraction of sp³-hybridized carbons (Fsp3) is 0.571. The molecule has 17 heavy (non-hydrogen) atoms. The maximum absolute atomic E-state index is 10.3. The van der Waals surface area contributed by atoms with Gasteiger partial charge in [0.25, 0.3) is 0 Å². The van der Waals surface area contributed by atoms with Gasteiger partial charge in [-0.2, -0.15) is 0 Å². The zero-order chi connectivity index (χ0) is 12.9. The zero-order valence-corrected chi connectivity index (χ0v) is 11.6. The predicted octanol–water partition coefficient (Wildman–Crippen LogP) is 2.88. The normalized spacial score (nSPS) is 14.9. The molecule has 2 N–H and O–H groups in total. The quantitative estimate of drug-likeness (QED) is 0.819. The van der Waals surface area contributed by atoms with Gasteiger partial charge in [0.15, 0.2) is 0 Å². The van der Waals surface area contributed by atoms with Crippen LogP contribution in [0.3, 0.4) is 0 Å². The average molecular weight is 256 g/mol. The summed E-state index contributed by atoms with van der Waals surface area (Å²) in [6, 6.07) is 7.66. The van der Waals surface area contributed by atoms with Crippen molar-refractivity contribution < 1.29 is 5.11 Å². The Morgan fingerprint density at radius 1 is 1.35 bits per heavy atom. The molecular weight excluding hydrogens is 234 g/mol. The van der Waals surface area contributed by atoms with Crippen LogP contribution in [0, 0.1) is 5.92 Å². The summed E-state index contributed by atoms with van der Waals surface area (Å²) in [7, 11) is 0. The minimum Gasteiger partial charge on any atom is -0.389 e. The fourth-order valence-electron chi connectivity index (χ4n) is 1.74. The lowest BCUT2D eigenvalue weighted by molar-refractivity contribution is 0.0596. The molecule has 0 aliphatic rings. The van der Waals surface area contributed by atoms with Crippen LogP contribution in [0.15, 0.2) is 24.3 Å². The van der Waals surface area contributed by atoms with E-state index in [1.807, 2.05) is 31.2 Å². The first kappa shape index (κ1) is 14.5. The highest BCUT2D eigenvalue weighted by Gasteiger charge is 2.21. The molecule has 2 nitrogen and oxygen atoms in total. The fourth-order valence-corrected chi connectivity index (χ4v) is 1.95. The van der Waals surface area contributed by atoms with Gasteiger partial charge < -0.3 is 10.4 Å². The Labute approximate surface area is 109 Å². The van der Waals surface area contributed by atoms with Crippen molar-refractivity contribution in [3.8, 4) is 0 Å². The van der Waals surface area contributed by atoms with Gasteiger partial charge in [-0.3, -0.25) is 0 Å². The minimum atomic E-state index is -0.764. The van der Waals surface area contributed by atoms with Gasteiger partial charge >= 0.3 is 0 Å². The molecule has 0 spiro atoms. The molecular formula is C14H22ClNO. The number of hydrogen-bond donors (Lipinski definition) is 2. The van der Waals surface area contributed by atoms with Gasteiger partial charge in [-0.1, -0.05) is 43.6 Å². The molecule has 1 atom stereocenters. The van der Waals surface area contributed by atoms with Crippen molar-refractivity contribution in [1.82, 2.24) is 5.32 Å². The molecule has 1 aromatic rings. The first-order valence-corrected chi connectivity index (χ1v) is 6.45. The van der Waals surface area contributed by atoms with Crippen LogP contribution in [0.5, 0.6) is 0 Å². The highest BCUT2D eigenvalue weighted by atomic mass is 35.5. The van der Waals surface area contributed by atoms with E-state index in [2.05, 4.69) is 19.2 Å². The summed E-state index contributed by atoms with van der Waals surface area (Å²) in [6.07, 6.45) is 0.567. The third kappa shape index (κ3) is 5.53. The van der Waals surface area contributed by atoms with Crippen LogP contribution in [0.2, 0.25) is 5.02 Å². The Morgan fingerprint density at radius 2 is 2.00 bits per heavy atom. The molecule has 0 fully saturated rings. The van der Waals surface area contributed by atoms with Crippen LogP contribution >= 0.6 is 11.6 Å². The van der Waals surface area contributed by atoms with Crippen molar-refractivity contribution in [2.45, 2.75) is 32.8 Å². The van der Waals surface area contributed by atoms with E-state index >= 15 is 0 Å². The highest BCUT2D eigenvalue weighted by Crippen LogP contribution is 2.20. The van der Waals surface area contributed by atoms with Gasteiger partial charge in [0.1, 0.15) is 0 Å². The first-order chi connectivity index (χ1) is 7.91. The topological polar surface area (TPSA) is 32.3 Å². The Hall–Kier alpha value is -0.570. The molecule has 1 rings (SSSR count). The van der Waals surface area contributed by atoms with Crippen molar-refractivity contribution >= 4 is 11.6 Å². The molecule has 0 heterocycles. The lowest BCUT2D eigenvalue weighted by atomic mass is 9.96. The van der Waals surface area contributed by atoms with Gasteiger partial charge in [-0.15, -0.1) is 0 Å². The minimum absolute atomic E-state index is 0.567. The van der Waals surface area contributed by atoms with Gasteiger partial charge in [0.2, 0.25) is 0 Å². The van der Waals surface area contributed by atoms with Gasteiger partial charge in [-0.05, 0) is 31.0 Å². The second-order valence-corrected chi connectivity index (χ2v) is 5.70. The number of halogens is 1. The molecule has 0 aliphatic carbocycles. The van der Waals surface area contributed by atoms with Crippen LogP contribution < -0.4 is 5.32 Å². The van der Waals surface area contributed by atoms with E-state index in [4.69, 9.17) is 11.6 Å². The van der Waals surface area contributed by atoms with Crippen LogP contribution in [0.4, 0.5) is 0 Å². The van der Waals surface area contributed by atoms with E-state index in [9.17, 15) is 5.11 Å². The Balaban J connectivity index is 2.51. The summed E-state index contributed by atoms with van der Waals surface area (Å²) < 4.78 is 0. The maximum Gasteiger partial charge on any atom is 0.0784 e. The number of aliphatic hydroxyl groups is 1. The summed E-state index contributed by atoms with van der Waals surface area (Å²) in [5.41, 5.74) is 0.227. The van der Waals surface area contributed by atoms with Crippen LogP contribution in [0.25, 0.3) is 0 Å². The monoisotopic (exact) mass is 255 g/mol. The molecule has 0 saturated carbocycles. The van der Waals surface area contributed by atoms with Crippen LogP contribution in [-0.4, -0.2) is 23.8 Å².